The summed E-state index contributed by atoms with van der Waals surface area (Å²) in [6, 6.07) is 5.76. The molecule has 5 nitrogen and oxygen atoms in total. The van der Waals surface area contributed by atoms with Crippen LogP contribution in [0, 0.1) is 13.8 Å². The van der Waals surface area contributed by atoms with Crippen LogP contribution in [0.4, 0.5) is 5.82 Å². The van der Waals surface area contributed by atoms with Crippen molar-refractivity contribution in [2.45, 2.75) is 26.8 Å². The predicted octanol–water partition coefficient (Wildman–Crippen LogP) is 2.69. The molecular formula is C14H18N4OS. The van der Waals surface area contributed by atoms with E-state index in [2.05, 4.69) is 47.7 Å². The summed E-state index contributed by atoms with van der Waals surface area (Å²) < 4.78 is 0. The Morgan fingerprint density at radius 2 is 2.05 bits per heavy atom. The highest BCUT2D eigenvalue weighted by Gasteiger charge is 2.12. The topological polar surface area (TPSA) is 66.9 Å². The van der Waals surface area contributed by atoms with E-state index < -0.39 is 0 Å². The van der Waals surface area contributed by atoms with E-state index in [1.54, 1.807) is 30.5 Å². The van der Waals surface area contributed by atoms with Gasteiger partial charge in [0.1, 0.15) is 5.82 Å². The van der Waals surface area contributed by atoms with Crippen LogP contribution < -0.4 is 10.6 Å². The maximum Gasteiger partial charge on any atom is 0.271 e. The molecule has 0 aliphatic heterocycles. The number of carbonyl (C=O) groups excluding carboxylic acids is 1. The Kier molecular flexibility index (Phi) is 4.34. The quantitative estimate of drug-likeness (QED) is 0.908. The summed E-state index contributed by atoms with van der Waals surface area (Å²) in [6.45, 7) is 6.31. The van der Waals surface area contributed by atoms with E-state index in [0.717, 1.165) is 0 Å². The molecule has 1 unspecified atom stereocenters. The van der Waals surface area contributed by atoms with Gasteiger partial charge in [-0.2, -0.15) is 0 Å². The second kappa shape index (κ2) is 6.00. The molecule has 1 atom stereocenters. The van der Waals surface area contributed by atoms with Gasteiger partial charge >= 0.3 is 0 Å². The molecule has 106 valence electrons. The van der Waals surface area contributed by atoms with E-state index >= 15 is 0 Å². The molecule has 0 saturated carbocycles. The van der Waals surface area contributed by atoms with Gasteiger partial charge in [-0.1, -0.05) is 0 Å². The third-order valence-electron chi connectivity index (χ3n) is 3.03. The van der Waals surface area contributed by atoms with Crippen LogP contribution in [0.15, 0.2) is 18.2 Å². The molecule has 2 rings (SSSR count). The monoisotopic (exact) mass is 290 g/mol. The zero-order chi connectivity index (χ0) is 14.7. The van der Waals surface area contributed by atoms with Gasteiger partial charge in [0.05, 0.1) is 6.04 Å². The van der Waals surface area contributed by atoms with Crippen LogP contribution in [0.1, 0.15) is 38.8 Å². The van der Waals surface area contributed by atoms with E-state index in [-0.39, 0.29) is 11.9 Å². The number of carbonyl (C=O) groups is 1. The third-order valence-corrected chi connectivity index (χ3v) is 4.02. The molecule has 0 spiro atoms. The van der Waals surface area contributed by atoms with Crippen molar-refractivity contribution >= 4 is 23.1 Å². The summed E-state index contributed by atoms with van der Waals surface area (Å²) in [5.41, 5.74) is 1.58. The lowest BCUT2D eigenvalue weighted by atomic mass is 10.1. The van der Waals surface area contributed by atoms with Crippen LogP contribution in [0.25, 0.3) is 0 Å². The second-order valence-corrected chi connectivity index (χ2v) is 6.08. The number of thiophene rings is 1. The number of aryl methyl sites for hydroxylation is 2. The van der Waals surface area contributed by atoms with Crippen LogP contribution in [0.5, 0.6) is 0 Å². The SMILES string of the molecule is CNC(=O)c1ccc(NC(C)c2cc(C)sc2C)nn1. The summed E-state index contributed by atoms with van der Waals surface area (Å²) in [5.74, 6) is 0.426. The number of anilines is 1. The maximum absolute atomic E-state index is 11.4. The molecule has 0 radical (unpaired) electrons. The van der Waals surface area contributed by atoms with Gasteiger partial charge in [0.2, 0.25) is 0 Å². The summed E-state index contributed by atoms with van der Waals surface area (Å²) in [6.07, 6.45) is 0. The van der Waals surface area contributed by atoms with E-state index in [0.29, 0.717) is 11.5 Å². The standard InChI is InChI=1S/C14H18N4OS/c1-8-7-11(10(3)20-8)9(2)16-13-6-5-12(17-18-13)14(19)15-4/h5-7,9H,1-4H3,(H,15,19)(H,16,18). The number of hydrogen-bond donors (Lipinski definition) is 2. The highest BCUT2D eigenvalue weighted by Crippen LogP contribution is 2.27. The number of hydrogen-bond acceptors (Lipinski definition) is 5. The predicted molar refractivity (Wildman–Crippen MR) is 81.3 cm³/mol. The molecule has 0 aliphatic carbocycles. The Morgan fingerprint density at radius 3 is 2.55 bits per heavy atom. The highest BCUT2D eigenvalue weighted by atomic mass is 32.1. The number of rotatable bonds is 4. The second-order valence-electron chi connectivity index (χ2n) is 4.62. The van der Waals surface area contributed by atoms with Crippen LogP contribution in [-0.4, -0.2) is 23.2 Å². The first-order valence-corrected chi connectivity index (χ1v) is 7.22. The minimum atomic E-state index is -0.235. The van der Waals surface area contributed by atoms with Gasteiger partial charge in [-0.3, -0.25) is 4.79 Å². The van der Waals surface area contributed by atoms with E-state index in [1.165, 1.54) is 15.3 Å². The lowest BCUT2D eigenvalue weighted by Gasteiger charge is -2.14. The van der Waals surface area contributed by atoms with Gasteiger partial charge in [-0.25, -0.2) is 0 Å². The first-order valence-electron chi connectivity index (χ1n) is 6.40. The number of nitrogens with zero attached hydrogens (tertiary/aromatic N) is 2. The zero-order valence-electron chi connectivity index (χ0n) is 12.0. The normalized spacial score (nSPS) is 12.0. The average Bonchev–Trinajstić information content (AvgIpc) is 2.78. The molecule has 2 N–H and O–H groups in total. The van der Waals surface area contributed by atoms with Crippen LogP contribution >= 0.6 is 11.3 Å². The smallest absolute Gasteiger partial charge is 0.271 e. The Balaban J connectivity index is 2.10. The summed E-state index contributed by atoms with van der Waals surface area (Å²) in [5, 5.41) is 13.7. The van der Waals surface area contributed by atoms with Crippen LogP contribution in [0.3, 0.4) is 0 Å². The third kappa shape index (κ3) is 3.14. The maximum atomic E-state index is 11.4. The van der Waals surface area contributed by atoms with Crippen molar-refractivity contribution < 1.29 is 4.79 Å². The van der Waals surface area contributed by atoms with Gasteiger partial charge in [0.15, 0.2) is 5.69 Å². The number of amides is 1. The van der Waals surface area contributed by atoms with E-state index in [9.17, 15) is 4.79 Å². The van der Waals surface area contributed by atoms with Crippen molar-refractivity contribution in [2.24, 2.45) is 0 Å². The fourth-order valence-corrected chi connectivity index (χ4v) is 3.06. The van der Waals surface area contributed by atoms with E-state index in [4.69, 9.17) is 0 Å². The fourth-order valence-electron chi connectivity index (χ4n) is 2.04. The number of aromatic nitrogens is 2. The minimum Gasteiger partial charge on any atom is -0.362 e. The van der Waals surface area contributed by atoms with Crippen molar-refractivity contribution in [3.8, 4) is 0 Å². The molecule has 0 saturated heterocycles. The summed E-state index contributed by atoms with van der Waals surface area (Å²) >= 11 is 1.79. The largest absolute Gasteiger partial charge is 0.362 e. The molecule has 2 heterocycles. The van der Waals surface area contributed by atoms with Gasteiger partial charge in [-0.05, 0) is 44.5 Å². The molecule has 1 amide bonds. The first kappa shape index (κ1) is 14.5. The van der Waals surface area contributed by atoms with Gasteiger partial charge in [0.25, 0.3) is 5.91 Å². The van der Waals surface area contributed by atoms with Crippen LogP contribution in [-0.2, 0) is 0 Å². The van der Waals surface area contributed by atoms with Crippen LogP contribution in [0.2, 0.25) is 0 Å². The number of nitrogens with one attached hydrogen (secondary N) is 2. The van der Waals surface area contributed by atoms with Gasteiger partial charge < -0.3 is 10.6 Å². The molecule has 0 bridgehead atoms. The Hall–Kier alpha value is -1.95. The van der Waals surface area contributed by atoms with Crippen molar-refractivity contribution in [2.75, 3.05) is 12.4 Å². The Morgan fingerprint density at radius 1 is 1.30 bits per heavy atom. The molecular weight excluding hydrogens is 272 g/mol. The summed E-state index contributed by atoms with van der Waals surface area (Å²) in [7, 11) is 1.57. The van der Waals surface area contributed by atoms with Gasteiger partial charge in [-0.15, -0.1) is 21.5 Å². The zero-order valence-corrected chi connectivity index (χ0v) is 12.8. The first-order chi connectivity index (χ1) is 9.51. The molecule has 0 aromatic carbocycles. The molecule has 2 aromatic rings. The Labute approximate surface area is 122 Å². The molecule has 20 heavy (non-hydrogen) atoms. The van der Waals surface area contributed by atoms with Crippen molar-refractivity contribution in [1.29, 1.82) is 0 Å². The molecule has 2 aromatic heterocycles. The highest BCUT2D eigenvalue weighted by molar-refractivity contribution is 7.12. The lowest BCUT2D eigenvalue weighted by Crippen LogP contribution is -2.20. The van der Waals surface area contributed by atoms with E-state index in [1.807, 2.05) is 0 Å². The van der Waals surface area contributed by atoms with Crippen molar-refractivity contribution in [1.82, 2.24) is 15.5 Å². The Bertz CT molecular complexity index is 606. The molecule has 6 heteroatoms. The molecule has 0 aliphatic rings. The average molecular weight is 290 g/mol. The molecule has 0 fully saturated rings. The van der Waals surface area contributed by atoms with Crippen molar-refractivity contribution in [3.63, 3.8) is 0 Å². The van der Waals surface area contributed by atoms with Gasteiger partial charge in [0, 0.05) is 16.8 Å². The lowest BCUT2D eigenvalue weighted by molar-refractivity contribution is 0.0957. The minimum absolute atomic E-state index is 0.153. The van der Waals surface area contributed by atoms with Crippen molar-refractivity contribution in [3.05, 3.63) is 39.2 Å². The summed E-state index contributed by atoms with van der Waals surface area (Å²) in [4.78, 5) is 14.0. The fraction of sp³-hybridized carbons (Fsp3) is 0.357.